The van der Waals surface area contributed by atoms with E-state index in [-0.39, 0.29) is 12.1 Å². The number of aromatic nitrogens is 1. The molecule has 1 saturated carbocycles. The summed E-state index contributed by atoms with van der Waals surface area (Å²) in [6, 6.07) is 5.55. The highest BCUT2D eigenvalue weighted by Gasteiger charge is 2.33. The van der Waals surface area contributed by atoms with Crippen LogP contribution in [0.2, 0.25) is 0 Å². The normalized spacial score (nSPS) is 18.0. The molecule has 0 aromatic carbocycles. The highest BCUT2D eigenvalue weighted by molar-refractivity contribution is 5.41. The Morgan fingerprint density at radius 2 is 2.19 bits per heavy atom. The topological polar surface area (TPSA) is 68.9 Å². The maximum atomic E-state index is 9.44. The third-order valence-corrected chi connectivity index (χ3v) is 3.15. The van der Waals surface area contributed by atoms with E-state index >= 15 is 0 Å². The number of aliphatic hydroxyl groups is 1. The van der Waals surface area contributed by atoms with Gasteiger partial charge in [0.25, 0.3) is 0 Å². The van der Waals surface area contributed by atoms with Crippen molar-refractivity contribution in [3.8, 4) is 6.07 Å². The molecule has 1 aromatic heterocycles. The molecule has 0 unspecified atom stereocenters. The molecule has 0 aliphatic heterocycles. The van der Waals surface area contributed by atoms with Crippen molar-refractivity contribution in [3.63, 3.8) is 0 Å². The number of nitrogens with one attached hydrogen (secondary N) is 1. The van der Waals surface area contributed by atoms with Crippen molar-refractivity contribution in [2.24, 2.45) is 0 Å². The van der Waals surface area contributed by atoms with Crippen molar-refractivity contribution in [3.05, 3.63) is 23.9 Å². The maximum Gasteiger partial charge on any atom is 0.126 e. The Hall–Kier alpha value is -1.60. The highest BCUT2D eigenvalue weighted by atomic mass is 16.3. The van der Waals surface area contributed by atoms with E-state index in [9.17, 15) is 5.11 Å². The predicted molar refractivity (Wildman–Crippen MR) is 60.9 cm³/mol. The van der Waals surface area contributed by atoms with Crippen molar-refractivity contribution in [2.45, 2.75) is 31.2 Å². The van der Waals surface area contributed by atoms with Crippen molar-refractivity contribution in [2.75, 3.05) is 11.9 Å². The van der Waals surface area contributed by atoms with E-state index < -0.39 is 0 Å². The molecule has 1 fully saturated rings. The highest BCUT2D eigenvalue weighted by Crippen LogP contribution is 2.32. The standard InChI is InChI=1S/C12H15N3O/c13-7-10-3-4-11(14-8-10)15-12(9-16)5-1-2-6-12/h3-4,8,16H,1-2,5-6,9H2,(H,14,15). The van der Waals surface area contributed by atoms with Crippen LogP contribution < -0.4 is 5.32 Å². The Morgan fingerprint density at radius 1 is 1.44 bits per heavy atom. The van der Waals surface area contributed by atoms with Gasteiger partial charge >= 0.3 is 0 Å². The molecule has 0 saturated heterocycles. The van der Waals surface area contributed by atoms with E-state index in [1.165, 1.54) is 0 Å². The molecule has 2 N–H and O–H groups in total. The summed E-state index contributed by atoms with van der Waals surface area (Å²) in [5, 5.41) is 21.4. The monoisotopic (exact) mass is 217 g/mol. The van der Waals surface area contributed by atoms with Crippen LogP contribution in [0.15, 0.2) is 18.3 Å². The van der Waals surface area contributed by atoms with E-state index in [0.717, 1.165) is 31.5 Å². The van der Waals surface area contributed by atoms with Gasteiger partial charge in [-0.1, -0.05) is 12.8 Å². The van der Waals surface area contributed by atoms with Crippen LogP contribution in [0.5, 0.6) is 0 Å². The number of nitrogens with zero attached hydrogens (tertiary/aromatic N) is 2. The van der Waals surface area contributed by atoms with E-state index in [0.29, 0.717) is 5.56 Å². The van der Waals surface area contributed by atoms with Crippen molar-refractivity contribution >= 4 is 5.82 Å². The first-order valence-electron chi connectivity index (χ1n) is 5.53. The summed E-state index contributed by atoms with van der Waals surface area (Å²) in [6.07, 6.45) is 5.78. The lowest BCUT2D eigenvalue weighted by atomic mass is 9.99. The van der Waals surface area contributed by atoms with Crippen LogP contribution in [0.1, 0.15) is 31.2 Å². The molecule has 0 atom stereocenters. The minimum atomic E-state index is -0.207. The molecule has 84 valence electrons. The first-order chi connectivity index (χ1) is 7.78. The molecule has 4 nitrogen and oxygen atoms in total. The van der Waals surface area contributed by atoms with Crippen molar-refractivity contribution in [1.82, 2.24) is 4.98 Å². The van der Waals surface area contributed by atoms with Crippen LogP contribution in [0.3, 0.4) is 0 Å². The minimum Gasteiger partial charge on any atom is -0.394 e. The Bertz CT molecular complexity index is 388. The van der Waals surface area contributed by atoms with Crippen LogP contribution in [0, 0.1) is 11.3 Å². The number of rotatable bonds is 3. The fraction of sp³-hybridized carbons (Fsp3) is 0.500. The minimum absolute atomic E-state index is 0.134. The average Bonchev–Trinajstić information content (AvgIpc) is 2.79. The van der Waals surface area contributed by atoms with Gasteiger partial charge in [0.15, 0.2) is 0 Å². The zero-order valence-electron chi connectivity index (χ0n) is 9.11. The SMILES string of the molecule is N#Cc1ccc(NC2(CO)CCCC2)nc1. The summed E-state index contributed by atoms with van der Waals surface area (Å²) < 4.78 is 0. The quantitative estimate of drug-likeness (QED) is 0.808. The van der Waals surface area contributed by atoms with Crippen molar-refractivity contribution < 1.29 is 5.11 Å². The van der Waals surface area contributed by atoms with Gasteiger partial charge < -0.3 is 10.4 Å². The molecule has 1 aliphatic carbocycles. The molecule has 0 bridgehead atoms. The fourth-order valence-corrected chi connectivity index (χ4v) is 2.18. The van der Waals surface area contributed by atoms with Gasteiger partial charge in [-0.2, -0.15) is 5.26 Å². The molecule has 4 heteroatoms. The van der Waals surface area contributed by atoms with Crippen LogP contribution in [-0.2, 0) is 0 Å². The molecule has 16 heavy (non-hydrogen) atoms. The van der Waals surface area contributed by atoms with E-state index in [4.69, 9.17) is 5.26 Å². The molecular weight excluding hydrogens is 202 g/mol. The number of anilines is 1. The zero-order chi connectivity index (χ0) is 11.4. The molecule has 0 spiro atoms. The van der Waals surface area contributed by atoms with Gasteiger partial charge in [0.05, 0.1) is 17.7 Å². The second kappa shape index (κ2) is 4.50. The fourth-order valence-electron chi connectivity index (χ4n) is 2.18. The third kappa shape index (κ3) is 2.15. The average molecular weight is 217 g/mol. The number of aliphatic hydroxyl groups excluding tert-OH is 1. The predicted octanol–water partition coefficient (Wildman–Crippen LogP) is 1.67. The van der Waals surface area contributed by atoms with E-state index in [1.54, 1.807) is 18.3 Å². The Kier molecular flexibility index (Phi) is 3.07. The Morgan fingerprint density at radius 3 is 2.69 bits per heavy atom. The lowest BCUT2D eigenvalue weighted by Crippen LogP contribution is -2.39. The Balaban J connectivity index is 2.10. The number of hydrogen-bond acceptors (Lipinski definition) is 4. The molecule has 1 aliphatic rings. The summed E-state index contributed by atoms with van der Waals surface area (Å²) in [7, 11) is 0. The van der Waals surface area contributed by atoms with Gasteiger partial charge in [-0.15, -0.1) is 0 Å². The third-order valence-electron chi connectivity index (χ3n) is 3.15. The van der Waals surface area contributed by atoms with Gasteiger partial charge in [-0.25, -0.2) is 4.98 Å². The molecular formula is C12H15N3O. The van der Waals surface area contributed by atoms with E-state index in [1.807, 2.05) is 6.07 Å². The Labute approximate surface area is 94.9 Å². The summed E-state index contributed by atoms with van der Waals surface area (Å²) in [5.41, 5.74) is 0.344. The summed E-state index contributed by atoms with van der Waals surface area (Å²) in [6.45, 7) is 0.134. The van der Waals surface area contributed by atoms with Gasteiger partial charge in [-0.05, 0) is 25.0 Å². The lowest BCUT2D eigenvalue weighted by molar-refractivity contribution is 0.214. The largest absolute Gasteiger partial charge is 0.394 e. The second-order valence-corrected chi connectivity index (χ2v) is 4.31. The summed E-state index contributed by atoms with van der Waals surface area (Å²) >= 11 is 0. The first kappa shape index (κ1) is 10.9. The number of hydrogen-bond donors (Lipinski definition) is 2. The lowest BCUT2D eigenvalue weighted by Gasteiger charge is -2.28. The summed E-state index contributed by atoms with van der Waals surface area (Å²) in [5.74, 6) is 0.731. The molecule has 1 aromatic rings. The molecule has 2 rings (SSSR count). The maximum absolute atomic E-state index is 9.44. The van der Waals surface area contributed by atoms with Crippen LogP contribution >= 0.6 is 0 Å². The van der Waals surface area contributed by atoms with Gasteiger partial charge in [0.2, 0.25) is 0 Å². The van der Waals surface area contributed by atoms with E-state index in [2.05, 4.69) is 10.3 Å². The zero-order valence-corrected chi connectivity index (χ0v) is 9.11. The van der Waals surface area contributed by atoms with Gasteiger partial charge in [-0.3, -0.25) is 0 Å². The molecule has 1 heterocycles. The first-order valence-corrected chi connectivity index (χ1v) is 5.53. The van der Waals surface area contributed by atoms with Crippen LogP contribution in [0.4, 0.5) is 5.82 Å². The number of pyridine rings is 1. The molecule has 0 radical (unpaired) electrons. The van der Waals surface area contributed by atoms with Crippen molar-refractivity contribution in [1.29, 1.82) is 5.26 Å². The van der Waals surface area contributed by atoms with Gasteiger partial charge in [0.1, 0.15) is 11.9 Å². The van der Waals surface area contributed by atoms with Crippen LogP contribution in [-0.4, -0.2) is 22.2 Å². The van der Waals surface area contributed by atoms with Gasteiger partial charge in [0, 0.05) is 6.20 Å². The molecule has 0 amide bonds. The number of nitriles is 1. The smallest absolute Gasteiger partial charge is 0.126 e. The van der Waals surface area contributed by atoms with Crippen LogP contribution in [0.25, 0.3) is 0 Å². The summed E-state index contributed by atoms with van der Waals surface area (Å²) in [4.78, 5) is 4.16. The second-order valence-electron chi connectivity index (χ2n) is 4.31.